The van der Waals surface area contributed by atoms with Crippen molar-refractivity contribution in [2.75, 3.05) is 6.61 Å². The van der Waals surface area contributed by atoms with Crippen LogP contribution in [0.25, 0.3) is 0 Å². The monoisotopic (exact) mass is 140 g/mol. The first-order valence-corrected chi connectivity index (χ1v) is 4.05. The van der Waals surface area contributed by atoms with Crippen molar-refractivity contribution in [1.29, 1.82) is 0 Å². The Kier molecular flexibility index (Phi) is 0.860. The van der Waals surface area contributed by atoms with Crippen LogP contribution < -0.4 is 0 Å². The highest BCUT2D eigenvalue weighted by molar-refractivity contribution is 5.23. The van der Waals surface area contributed by atoms with Gasteiger partial charge < -0.3 is 4.74 Å². The van der Waals surface area contributed by atoms with Gasteiger partial charge in [0.25, 0.3) is 0 Å². The molecule has 1 nitrogen and oxygen atoms in total. The van der Waals surface area contributed by atoms with Crippen molar-refractivity contribution >= 4 is 0 Å². The summed E-state index contributed by atoms with van der Waals surface area (Å²) in [5, 5.41) is 0. The minimum atomic E-state index is 0.264. The summed E-state index contributed by atoms with van der Waals surface area (Å²) in [6, 6.07) is 0. The second-order valence-corrected chi connectivity index (χ2v) is 5.06. The molecular formula is C9H16O. The smallest absolute Gasteiger partial charge is 0.0813 e. The topological polar surface area (TPSA) is 9.23 Å². The Morgan fingerprint density at radius 2 is 1.50 bits per heavy atom. The molecule has 1 unspecified atom stereocenters. The normalized spacial score (nSPS) is 46.8. The SMILES string of the molecule is CC1(C)COC12CC2(C)C. The standard InChI is InChI=1S/C9H16O/c1-7(2)5-9(7)8(3,4)6-10-9/h5-6H2,1-4H3. The van der Waals surface area contributed by atoms with Gasteiger partial charge in [-0.1, -0.05) is 27.7 Å². The van der Waals surface area contributed by atoms with E-state index in [0.717, 1.165) is 6.61 Å². The van der Waals surface area contributed by atoms with Gasteiger partial charge in [0.1, 0.15) is 0 Å². The van der Waals surface area contributed by atoms with Crippen LogP contribution in [0.1, 0.15) is 34.1 Å². The predicted octanol–water partition coefficient (Wildman–Crippen LogP) is 2.21. The molecule has 1 spiro atoms. The third-order valence-electron chi connectivity index (χ3n) is 3.43. The van der Waals surface area contributed by atoms with E-state index in [4.69, 9.17) is 4.74 Å². The highest BCUT2D eigenvalue weighted by atomic mass is 16.5. The highest BCUT2D eigenvalue weighted by Crippen LogP contribution is 2.71. The van der Waals surface area contributed by atoms with Gasteiger partial charge in [0.15, 0.2) is 0 Å². The van der Waals surface area contributed by atoms with E-state index in [9.17, 15) is 0 Å². The third kappa shape index (κ3) is 0.460. The first-order chi connectivity index (χ1) is 4.41. The summed E-state index contributed by atoms with van der Waals surface area (Å²) in [6.07, 6.45) is 1.26. The highest BCUT2D eigenvalue weighted by Gasteiger charge is 2.74. The summed E-state index contributed by atoms with van der Waals surface area (Å²) < 4.78 is 5.66. The average Bonchev–Trinajstić information content (AvgIpc) is 2.36. The summed E-state index contributed by atoms with van der Waals surface area (Å²) in [5.41, 5.74) is 1.16. The molecule has 1 saturated carbocycles. The lowest BCUT2D eigenvalue weighted by atomic mass is 9.76. The summed E-state index contributed by atoms with van der Waals surface area (Å²) >= 11 is 0. The zero-order chi connectivity index (χ0) is 7.62. The van der Waals surface area contributed by atoms with Crippen LogP contribution in [0.3, 0.4) is 0 Å². The van der Waals surface area contributed by atoms with Crippen LogP contribution in [0.4, 0.5) is 0 Å². The van der Waals surface area contributed by atoms with Crippen molar-refractivity contribution in [2.45, 2.75) is 39.7 Å². The quantitative estimate of drug-likeness (QED) is 0.501. The van der Waals surface area contributed by atoms with Crippen LogP contribution in [0.2, 0.25) is 0 Å². The van der Waals surface area contributed by atoms with E-state index in [1.807, 2.05) is 0 Å². The van der Waals surface area contributed by atoms with Gasteiger partial charge in [0, 0.05) is 5.41 Å². The second-order valence-electron chi connectivity index (χ2n) is 5.06. The molecule has 1 aliphatic heterocycles. The number of ether oxygens (including phenoxy) is 1. The lowest BCUT2D eigenvalue weighted by Gasteiger charge is -2.48. The minimum absolute atomic E-state index is 0.264. The van der Waals surface area contributed by atoms with Crippen LogP contribution in [0, 0.1) is 10.8 Å². The molecule has 1 heteroatoms. The molecule has 0 aromatic carbocycles. The minimum Gasteiger partial charge on any atom is -0.373 e. The van der Waals surface area contributed by atoms with Crippen LogP contribution in [0.5, 0.6) is 0 Å². The van der Waals surface area contributed by atoms with Crippen LogP contribution in [-0.2, 0) is 4.74 Å². The van der Waals surface area contributed by atoms with Gasteiger partial charge in [0.05, 0.1) is 12.2 Å². The van der Waals surface area contributed by atoms with Crippen LogP contribution >= 0.6 is 0 Å². The molecule has 2 rings (SSSR count). The lowest BCUT2D eigenvalue weighted by Crippen LogP contribution is -2.52. The van der Waals surface area contributed by atoms with E-state index in [1.54, 1.807) is 0 Å². The fourth-order valence-corrected chi connectivity index (χ4v) is 2.51. The van der Waals surface area contributed by atoms with Crippen LogP contribution in [0.15, 0.2) is 0 Å². The summed E-state index contributed by atoms with van der Waals surface area (Å²) in [6.45, 7) is 10.2. The van der Waals surface area contributed by atoms with E-state index in [1.165, 1.54) is 6.42 Å². The molecule has 0 aromatic rings. The molecule has 58 valence electrons. The lowest BCUT2D eigenvalue weighted by molar-refractivity contribution is -0.207. The molecule has 0 radical (unpaired) electrons. The maximum Gasteiger partial charge on any atom is 0.0813 e. The van der Waals surface area contributed by atoms with Crippen molar-refractivity contribution < 1.29 is 4.74 Å². The molecule has 10 heavy (non-hydrogen) atoms. The van der Waals surface area contributed by atoms with Gasteiger partial charge in [-0.25, -0.2) is 0 Å². The van der Waals surface area contributed by atoms with Crippen molar-refractivity contribution in [3.63, 3.8) is 0 Å². The summed E-state index contributed by atoms with van der Waals surface area (Å²) in [4.78, 5) is 0. The number of hydrogen-bond acceptors (Lipinski definition) is 1. The number of hydrogen-bond donors (Lipinski definition) is 0. The maximum atomic E-state index is 5.66. The zero-order valence-electron chi connectivity index (χ0n) is 7.32. The van der Waals surface area contributed by atoms with Gasteiger partial charge in [-0.15, -0.1) is 0 Å². The Bertz CT molecular complexity index is 181. The predicted molar refractivity (Wildman–Crippen MR) is 40.9 cm³/mol. The molecule has 0 N–H and O–H groups in total. The molecule has 0 bridgehead atoms. The molecule has 1 saturated heterocycles. The van der Waals surface area contributed by atoms with Crippen molar-refractivity contribution in [3.8, 4) is 0 Å². The molecule has 0 amide bonds. The van der Waals surface area contributed by atoms with Gasteiger partial charge in [-0.3, -0.25) is 0 Å². The second kappa shape index (κ2) is 1.29. The first-order valence-electron chi connectivity index (χ1n) is 4.05. The number of rotatable bonds is 0. The van der Waals surface area contributed by atoms with Crippen LogP contribution in [-0.4, -0.2) is 12.2 Å². The maximum absolute atomic E-state index is 5.66. The summed E-state index contributed by atoms with van der Waals surface area (Å²) in [7, 11) is 0. The van der Waals surface area contributed by atoms with E-state index < -0.39 is 0 Å². The Balaban J connectivity index is 2.23. The zero-order valence-corrected chi connectivity index (χ0v) is 7.32. The molecule has 0 aromatic heterocycles. The summed E-state index contributed by atoms with van der Waals surface area (Å²) in [5.74, 6) is 0. The fourth-order valence-electron chi connectivity index (χ4n) is 2.51. The van der Waals surface area contributed by atoms with Crippen molar-refractivity contribution in [1.82, 2.24) is 0 Å². The first kappa shape index (κ1) is 6.66. The Labute approximate surface area is 62.8 Å². The van der Waals surface area contributed by atoms with Crippen molar-refractivity contribution in [3.05, 3.63) is 0 Å². The van der Waals surface area contributed by atoms with E-state index in [0.29, 0.717) is 10.8 Å². The largest absolute Gasteiger partial charge is 0.373 e. The molecule has 2 aliphatic rings. The van der Waals surface area contributed by atoms with Crippen molar-refractivity contribution in [2.24, 2.45) is 10.8 Å². The van der Waals surface area contributed by atoms with Gasteiger partial charge >= 0.3 is 0 Å². The third-order valence-corrected chi connectivity index (χ3v) is 3.43. The molecule has 1 atom stereocenters. The Morgan fingerprint density at radius 3 is 1.50 bits per heavy atom. The molecule has 1 aliphatic carbocycles. The fraction of sp³-hybridized carbons (Fsp3) is 1.00. The van der Waals surface area contributed by atoms with E-state index in [-0.39, 0.29) is 5.60 Å². The average molecular weight is 140 g/mol. The Hall–Kier alpha value is -0.0400. The molecule has 1 heterocycles. The van der Waals surface area contributed by atoms with Gasteiger partial charge in [-0.2, -0.15) is 0 Å². The Morgan fingerprint density at radius 1 is 1.00 bits per heavy atom. The van der Waals surface area contributed by atoms with Gasteiger partial charge in [-0.05, 0) is 11.8 Å². The molecular weight excluding hydrogens is 124 g/mol. The van der Waals surface area contributed by atoms with E-state index >= 15 is 0 Å². The van der Waals surface area contributed by atoms with Gasteiger partial charge in [0.2, 0.25) is 0 Å². The molecule has 2 fully saturated rings. The van der Waals surface area contributed by atoms with E-state index in [2.05, 4.69) is 27.7 Å².